The third kappa shape index (κ3) is 3.65. The fourth-order valence-corrected chi connectivity index (χ4v) is 2.92. The van der Waals surface area contributed by atoms with Crippen LogP contribution < -0.4 is 5.32 Å². The lowest BCUT2D eigenvalue weighted by atomic mass is 10.1. The highest BCUT2D eigenvalue weighted by Crippen LogP contribution is 2.27. The largest absolute Gasteiger partial charge is 0.431 e. The van der Waals surface area contributed by atoms with Crippen LogP contribution in [0.1, 0.15) is 24.2 Å². The Morgan fingerprint density at radius 2 is 1.96 bits per heavy atom. The molecule has 3 aromatic rings. The van der Waals surface area contributed by atoms with Crippen LogP contribution in [-0.4, -0.2) is 21.9 Å². The molecule has 1 N–H and O–H groups in total. The molecule has 0 aliphatic rings. The van der Waals surface area contributed by atoms with Crippen molar-refractivity contribution in [2.75, 3.05) is 5.32 Å². The van der Waals surface area contributed by atoms with Crippen molar-refractivity contribution < 1.29 is 14.0 Å². The van der Waals surface area contributed by atoms with Crippen molar-refractivity contribution in [2.24, 2.45) is 0 Å². The van der Waals surface area contributed by atoms with E-state index >= 15 is 0 Å². The third-order valence-corrected chi connectivity index (χ3v) is 4.40. The lowest BCUT2D eigenvalue weighted by molar-refractivity contribution is -0.115. The molecule has 1 atom stereocenters. The van der Waals surface area contributed by atoms with Crippen LogP contribution in [0.4, 0.5) is 5.69 Å². The van der Waals surface area contributed by atoms with Gasteiger partial charge in [-0.25, -0.2) is 4.98 Å². The number of hydrogen-bond donors (Lipinski definition) is 1. The van der Waals surface area contributed by atoms with Gasteiger partial charge in [-0.1, -0.05) is 36.0 Å². The van der Waals surface area contributed by atoms with Gasteiger partial charge in [0.15, 0.2) is 11.4 Å². The monoisotopic (exact) mass is 340 g/mol. The number of benzene rings is 2. The van der Waals surface area contributed by atoms with Gasteiger partial charge < -0.3 is 9.73 Å². The van der Waals surface area contributed by atoms with E-state index in [-0.39, 0.29) is 16.9 Å². The zero-order valence-corrected chi connectivity index (χ0v) is 14.1. The Hall–Kier alpha value is -2.60. The predicted molar refractivity (Wildman–Crippen MR) is 94.4 cm³/mol. The zero-order valence-electron chi connectivity index (χ0n) is 13.3. The molecule has 0 spiro atoms. The van der Waals surface area contributed by atoms with Crippen molar-refractivity contribution in [2.45, 2.75) is 24.3 Å². The summed E-state index contributed by atoms with van der Waals surface area (Å²) in [5.41, 5.74) is 2.62. The maximum absolute atomic E-state index is 12.3. The summed E-state index contributed by atoms with van der Waals surface area (Å²) in [7, 11) is 0. The summed E-state index contributed by atoms with van der Waals surface area (Å²) in [6.45, 7) is 3.27. The van der Waals surface area contributed by atoms with E-state index in [1.165, 1.54) is 18.7 Å². The number of nitrogens with one attached hydrogen (secondary N) is 1. The Bertz CT molecular complexity index is 871. The number of rotatable bonds is 5. The molecular weight excluding hydrogens is 324 g/mol. The fraction of sp³-hybridized carbons (Fsp3) is 0.167. The summed E-state index contributed by atoms with van der Waals surface area (Å²) in [4.78, 5) is 28.1. The molecule has 0 saturated heterocycles. The van der Waals surface area contributed by atoms with Gasteiger partial charge in [0.05, 0.1) is 5.25 Å². The van der Waals surface area contributed by atoms with E-state index in [4.69, 9.17) is 4.42 Å². The van der Waals surface area contributed by atoms with Crippen molar-refractivity contribution in [1.29, 1.82) is 0 Å². The Kier molecular flexibility index (Phi) is 4.66. The van der Waals surface area contributed by atoms with Gasteiger partial charge in [0, 0.05) is 11.3 Å². The van der Waals surface area contributed by atoms with Crippen LogP contribution in [0, 0.1) is 0 Å². The minimum Gasteiger partial charge on any atom is -0.431 e. The second kappa shape index (κ2) is 6.88. The summed E-state index contributed by atoms with van der Waals surface area (Å²) in [6, 6.07) is 14.3. The average molecular weight is 340 g/mol. The number of amides is 1. The van der Waals surface area contributed by atoms with Crippen LogP contribution in [0.5, 0.6) is 0 Å². The zero-order chi connectivity index (χ0) is 17.1. The smallest absolute Gasteiger partial charge is 0.257 e. The number of para-hydroxylation sites is 2. The molecule has 1 heterocycles. The van der Waals surface area contributed by atoms with E-state index in [2.05, 4.69) is 10.3 Å². The molecule has 6 heteroatoms. The molecule has 2 aromatic carbocycles. The van der Waals surface area contributed by atoms with Gasteiger partial charge >= 0.3 is 0 Å². The molecule has 0 radical (unpaired) electrons. The Labute approximate surface area is 143 Å². The van der Waals surface area contributed by atoms with E-state index in [1.54, 1.807) is 31.2 Å². The number of anilines is 1. The number of fused-ring (bicyclic) bond motifs is 1. The number of oxazole rings is 1. The minimum atomic E-state index is -0.390. The molecule has 122 valence electrons. The molecule has 1 unspecified atom stereocenters. The number of carbonyl (C=O) groups excluding carboxylic acids is 2. The summed E-state index contributed by atoms with van der Waals surface area (Å²) in [6.07, 6.45) is 0. The summed E-state index contributed by atoms with van der Waals surface area (Å²) in [5.74, 6) is -0.219. The quantitative estimate of drug-likeness (QED) is 0.558. The first-order valence-electron chi connectivity index (χ1n) is 7.47. The molecular formula is C18H16N2O3S. The van der Waals surface area contributed by atoms with Crippen molar-refractivity contribution in [3.05, 3.63) is 54.1 Å². The molecule has 24 heavy (non-hydrogen) atoms. The van der Waals surface area contributed by atoms with Crippen LogP contribution in [0.25, 0.3) is 11.1 Å². The number of thioether (sulfide) groups is 1. The Morgan fingerprint density at radius 3 is 2.71 bits per heavy atom. The van der Waals surface area contributed by atoms with Crippen molar-refractivity contribution in [3.8, 4) is 0 Å². The number of hydrogen-bond acceptors (Lipinski definition) is 5. The fourth-order valence-electron chi connectivity index (χ4n) is 2.17. The van der Waals surface area contributed by atoms with Gasteiger partial charge in [-0.2, -0.15) is 0 Å². The van der Waals surface area contributed by atoms with E-state index in [9.17, 15) is 9.59 Å². The van der Waals surface area contributed by atoms with Crippen LogP contribution in [0.15, 0.2) is 58.2 Å². The van der Waals surface area contributed by atoms with Crippen LogP contribution in [0.3, 0.4) is 0 Å². The van der Waals surface area contributed by atoms with Crippen LogP contribution >= 0.6 is 11.8 Å². The predicted octanol–water partition coefficient (Wildman–Crippen LogP) is 4.15. The number of carbonyl (C=O) groups is 2. The van der Waals surface area contributed by atoms with Gasteiger partial charge in [-0.05, 0) is 38.1 Å². The molecule has 1 aromatic heterocycles. The topological polar surface area (TPSA) is 72.2 Å². The summed E-state index contributed by atoms with van der Waals surface area (Å²) >= 11 is 1.25. The van der Waals surface area contributed by atoms with Gasteiger partial charge in [-0.15, -0.1) is 0 Å². The van der Waals surface area contributed by atoms with E-state index < -0.39 is 0 Å². The second-order valence-electron chi connectivity index (χ2n) is 5.33. The van der Waals surface area contributed by atoms with Crippen LogP contribution in [0.2, 0.25) is 0 Å². The first-order chi connectivity index (χ1) is 11.5. The highest BCUT2D eigenvalue weighted by atomic mass is 32.2. The summed E-state index contributed by atoms with van der Waals surface area (Å²) < 4.78 is 5.62. The van der Waals surface area contributed by atoms with Crippen molar-refractivity contribution in [1.82, 2.24) is 4.98 Å². The highest BCUT2D eigenvalue weighted by molar-refractivity contribution is 8.00. The van der Waals surface area contributed by atoms with Gasteiger partial charge in [0.25, 0.3) is 5.22 Å². The highest BCUT2D eigenvalue weighted by Gasteiger charge is 2.18. The summed E-state index contributed by atoms with van der Waals surface area (Å²) in [5, 5.41) is 2.87. The molecule has 0 aliphatic heterocycles. The molecule has 3 rings (SSSR count). The molecule has 0 aliphatic carbocycles. The number of aromatic nitrogens is 1. The van der Waals surface area contributed by atoms with E-state index in [1.807, 2.05) is 24.3 Å². The third-order valence-electron chi connectivity index (χ3n) is 3.46. The lowest BCUT2D eigenvalue weighted by Gasteiger charge is -2.10. The molecule has 5 nitrogen and oxygen atoms in total. The van der Waals surface area contributed by atoms with Gasteiger partial charge in [0.2, 0.25) is 5.91 Å². The maximum Gasteiger partial charge on any atom is 0.257 e. The molecule has 0 bridgehead atoms. The van der Waals surface area contributed by atoms with Gasteiger partial charge in [-0.3, -0.25) is 9.59 Å². The van der Waals surface area contributed by atoms with E-state index in [0.29, 0.717) is 22.1 Å². The lowest BCUT2D eigenvalue weighted by Crippen LogP contribution is -2.22. The average Bonchev–Trinajstić information content (AvgIpc) is 2.97. The van der Waals surface area contributed by atoms with Crippen LogP contribution in [-0.2, 0) is 4.79 Å². The Morgan fingerprint density at radius 1 is 1.17 bits per heavy atom. The number of nitrogens with zero attached hydrogens (tertiary/aromatic N) is 1. The SMILES string of the molecule is CC(=O)c1cccc(NC(=O)C(C)Sc2nc3ccccc3o2)c1. The molecule has 0 saturated carbocycles. The van der Waals surface area contributed by atoms with Crippen molar-refractivity contribution in [3.63, 3.8) is 0 Å². The maximum atomic E-state index is 12.3. The Balaban J connectivity index is 1.68. The van der Waals surface area contributed by atoms with E-state index in [0.717, 1.165) is 5.52 Å². The van der Waals surface area contributed by atoms with Gasteiger partial charge in [0.1, 0.15) is 5.52 Å². The molecule has 0 fully saturated rings. The number of Topliss-reactive ketones (excluding diaryl/α,β-unsaturated/α-hetero) is 1. The number of ketones is 1. The van der Waals surface area contributed by atoms with Crippen molar-refractivity contribution >= 4 is 40.2 Å². The first kappa shape index (κ1) is 16.3. The normalized spacial score (nSPS) is 12.1. The minimum absolute atomic E-state index is 0.0417. The standard InChI is InChI=1S/C18H16N2O3S/c1-11(21)13-6-5-7-14(10-13)19-17(22)12(2)24-18-20-15-8-3-4-9-16(15)23-18/h3-10,12H,1-2H3,(H,19,22). The first-order valence-corrected chi connectivity index (χ1v) is 8.35. The molecule has 1 amide bonds. The second-order valence-corrected chi connectivity index (χ2v) is 6.63.